The van der Waals surface area contributed by atoms with E-state index in [9.17, 15) is 4.79 Å². The summed E-state index contributed by atoms with van der Waals surface area (Å²) in [4.78, 5) is 14.2. The average molecular weight is 154 g/mol. The zero-order chi connectivity index (χ0) is 8.27. The Bertz CT molecular complexity index is 220. The van der Waals surface area contributed by atoms with Crippen LogP contribution in [0.15, 0.2) is 17.3 Å². The third kappa shape index (κ3) is 2.16. The summed E-state index contributed by atoms with van der Waals surface area (Å²) < 4.78 is 0. The topological polar surface area (TPSA) is 75.7 Å². The van der Waals surface area contributed by atoms with Gasteiger partial charge in [0, 0.05) is 24.8 Å². The SMILES string of the molecule is N[C@H](CC1=NC=CC1)C(=O)O. The van der Waals surface area contributed by atoms with Crippen LogP contribution in [0.2, 0.25) is 0 Å². The minimum Gasteiger partial charge on any atom is -0.480 e. The van der Waals surface area contributed by atoms with Crippen molar-refractivity contribution in [1.82, 2.24) is 0 Å². The summed E-state index contributed by atoms with van der Waals surface area (Å²) >= 11 is 0. The van der Waals surface area contributed by atoms with Crippen molar-refractivity contribution >= 4 is 11.7 Å². The minimum atomic E-state index is -0.973. The van der Waals surface area contributed by atoms with Gasteiger partial charge in [-0.3, -0.25) is 9.79 Å². The summed E-state index contributed by atoms with van der Waals surface area (Å²) in [5, 5.41) is 8.44. The summed E-state index contributed by atoms with van der Waals surface area (Å²) in [7, 11) is 0. The molecule has 4 nitrogen and oxygen atoms in total. The molecule has 11 heavy (non-hydrogen) atoms. The van der Waals surface area contributed by atoms with Crippen molar-refractivity contribution in [3.8, 4) is 0 Å². The van der Waals surface area contributed by atoms with Gasteiger partial charge in [-0.05, 0) is 0 Å². The molecule has 0 aromatic heterocycles. The molecule has 0 radical (unpaired) electrons. The van der Waals surface area contributed by atoms with Crippen LogP contribution in [0.5, 0.6) is 0 Å². The van der Waals surface area contributed by atoms with Gasteiger partial charge in [-0.2, -0.15) is 0 Å². The Morgan fingerprint density at radius 1 is 1.91 bits per heavy atom. The Morgan fingerprint density at radius 2 is 2.64 bits per heavy atom. The highest BCUT2D eigenvalue weighted by Gasteiger charge is 2.14. The van der Waals surface area contributed by atoms with E-state index in [-0.39, 0.29) is 0 Å². The zero-order valence-corrected chi connectivity index (χ0v) is 6.03. The van der Waals surface area contributed by atoms with Crippen LogP contribution in [-0.2, 0) is 4.79 Å². The van der Waals surface area contributed by atoms with Gasteiger partial charge in [0.2, 0.25) is 0 Å². The van der Waals surface area contributed by atoms with Crippen LogP contribution in [0.25, 0.3) is 0 Å². The summed E-state index contributed by atoms with van der Waals surface area (Å²) in [6.45, 7) is 0. The maximum atomic E-state index is 10.3. The number of rotatable bonds is 3. The lowest BCUT2D eigenvalue weighted by Gasteiger charge is -2.04. The first-order valence-electron chi connectivity index (χ1n) is 3.39. The average Bonchev–Trinajstić information content (AvgIpc) is 2.39. The fourth-order valence-electron chi connectivity index (χ4n) is 0.877. The predicted octanol–water partition coefficient (Wildman–Crippen LogP) is 0.147. The van der Waals surface area contributed by atoms with Gasteiger partial charge in [0.15, 0.2) is 0 Å². The molecule has 0 unspecified atom stereocenters. The Morgan fingerprint density at radius 3 is 3.09 bits per heavy atom. The molecule has 0 aromatic rings. The molecular formula is C7H10N2O2. The molecule has 1 atom stereocenters. The molecule has 1 aliphatic heterocycles. The standard InChI is InChI=1S/C7H10N2O2/c8-6(7(10)11)4-5-2-1-3-9-5/h1,3,6H,2,4,8H2,(H,10,11)/t6-/m1/s1. The van der Waals surface area contributed by atoms with E-state index in [1.165, 1.54) is 0 Å². The summed E-state index contributed by atoms with van der Waals surface area (Å²) in [5.41, 5.74) is 6.14. The monoisotopic (exact) mass is 154 g/mol. The van der Waals surface area contributed by atoms with Crippen LogP contribution in [0, 0.1) is 0 Å². The number of nitrogens with zero attached hydrogens (tertiary/aromatic N) is 1. The lowest BCUT2D eigenvalue weighted by Crippen LogP contribution is -2.32. The Kier molecular flexibility index (Phi) is 2.38. The van der Waals surface area contributed by atoms with Gasteiger partial charge in [0.1, 0.15) is 6.04 Å². The molecule has 1 rings (SSSR count). The van der Waals surface area contributed by atoms with E-state index in [0.717, 1.165) is 12.1 Å². The van der Waals surface area contributed by atoms with Crippen LogP contribution in [-0.4, -0.2) is 22.8 Å². The molecule has 0 spiro atoms. The van der Waals surface area contributed by atoms with Crippen LogP contribution in [0.4, 0.5) is 0 Å². The van der Waals surface area contributed by atoms with Gasteiger partial charge in [-0.25, -0.2) is 0 Å². The van der Waals surface area contributed by atoms with Gasteiger partial charge in [0.05, 0.1) is 0 Å². The number of carboxylic acids is 1. The van der Waals surface area contributed by atoms with E-state index < -0.39 is 12.0 Å². The summed E-state index contributed by atoms with van der Waals surface area (Å²) in [6, 6.07) is -0.811. The molecule has 0 amide bonds. The van der Waals surface area contributed by atoms with Crippen LogP contribution < -0.4 is 5.73 Å². The number of carboxylic acid groups (broad SMARTS) is 1. The van der Waals surface area contributed by atoms with Gasteiger partial charge in [0.25, 0.3) is 0 Å². The second kappa shape index (κ2) is 3.30. The molecule has 3 N–H and O–H groups in total. The van der Waals surface area contributed by atoms with Gasteiger partial charge >= 0.3 is 5.97 Å². The first-order valence-corrected chi connectivity index (χ1v) is 3.39. The lowest BCUT2D eigenvalue weighted by atomic mass is 10.1. The Hall–Kier alpha value is -1.16. The largest absolute Gasteiger partial charge is 0.480 e. The number of allylic oxidation sites excluding steroid dienone is 1. The second-order valence-corrected chi connectivity index (χ2v) is 2.43. The lowest BCUT2D eigenvalue weighted by molar-refractivity contribution is -0.138. The highest BCUT2D eigenvalue weighted by molar-refractivity contribution is 5.92. The summed E-state index contributed by atoms with van der Waals surface area (Å²) in [6.07, 6.45) is 4.64. The van der Waals surface area contributed by atoms with E-state index in [2.05, 4.69) is 4.99 Å². The highest BCUT2D eigenvalue weighted by atomic mass is 16.4. The summed E-state index contributed by atoms with van der Waals surface area (Å²) in [5.74, 6) is -0.973. The number of hydrogen-bond donors (Lipinski definition) is 2. The molecule has 0 saturated carbocycles. The third-order valence-electron chi connectivity index (χ3n) is 1.49. The number of nitrogens with two attached hydrogens (primary N) is 1. The number of carbonyl (C=O) groups is 1. The van der Waals surface area contributed by atoms with Crippen molar-refractivity contribution in [2.24, 2.45) is 10.7 Å². The van der Waals surface area contributed by atoms with Crippen molar-refractivity contribution in [1.29, 1.82) is 0 Å². The predicted molar refractivity (Wildman–Crippen MR) is 41.4 cm³/mol. The number of aliphatic carboxylic acids is 1. The normalized spacial score (nSPS) is 18.1. The van der Waals surface area contributed by atoms with E-state index in [1.54, 1.807) is 6.20 Å². The first-order chi connectivity index (χ1) is 5.20. The van der Waals surface area contributed by atoms with Gasteiger partial charge in [-0.1, -0.05) is 6.08 Å². The second-order valence-electron chi connectivity index (χ2n) is 2.43. The molecular weight excluding hydrogens is 144 g/mol. The molecule has 0 aliphatic carbocycles. The molecule has 60 valence electrons. The van der Waals surface area contributed by atoms with E-state index in [0.29, 0.717) is 6.42 Å². The third-order valence-corrected chi connectivity index (χ3v) is 1.49. The Balaban J connectivity index is 2.37. The fourth-order valence-corrected chi connectivity index (χ4v) is 0.877. The van der Waals surface area contributed by atoms with Crippen LogP contribution in [0.3, 0.4) is 0 Å². The van der Waals surface area contributed by atoms with Crippen molar-refractivity contribution in [3.05, 3.63) is 12.3 Å². The highest BCUT2D eigenvalue weighted by Crippen LogP contribution is 2.05. The molecule has 0 bridgehead atoms. The minimum absolute atomic E-state index is 0.350. The molecule has 1 aliphatic rings. The zero-order valence-electron chi connectivity index (χ0n) is 6.03. The van der Waals surface area contributed by atoms with E-state index in [4.69, 9.17) is 10.8 Å². The van der Waals surface area contributed by atoms with Crippen LogP contribution >= 0.6 is 0 Å². The molecule has 0 aromatic carbocycles. The van der Waals surface area contributed by atoms with Gasteiger partial charge in [-0.15, -0.1) is 0 Å². The number of hydrogen-bond acceptors (Lipinski definition) is 3. The fraction of sp³-hybridized carbons (Fsp3) is 0.429. The van der Waals surface area contributed by atoms with Crippen molar-refractivity contribution in [3.63, 3.8) is 0 Å². The van der Waals surface area contributed by atoms with E-state index in [1.807, 2.05) is 6.08 Å². The molecule has 0 fully saturated rings. The van der Waals surface area contributed by atoms with Crippen molar-refractivity contribution in [2.45, 2.75) is 18.9 Å². The van der Waals surface area contributed by atoms with Gasteiger partial charge < -0.3 is 10.8 Å². The molecule has 4 heteroatoms. The molecule has 0 saturated heterocycles. The van der Waals surface area contributed by atoms with Crippen molar-refractivity contribution < 1.29 is 9.90 Å². The maximum Gasteiger partial charge on any atom is 0.320 e. The van der Waals surface area contributed by atoms with E-state index >= 15 is 0 Å². The first kappa shape index (κ1) is 7.94. The van der Waals surface area contributed by atoms with Crippen LogP contribution in [0.1, 0.15) is 12.8 Å². The Labute approximate surface area is 64.4 Å². The number of aliphatic imine (C=N–C) groups is 1. The van der Waals surface area contributed by atoms with Crippen molar-refractivity contribution in [2.75, 3.05) is 0 Å². The smallest absolute Gasteiger partial charge is 0.320 e. The maximum absolute atomic E-state index is 10.3. The molecule has 1 heterocycles. The quantitative estimate of drug-likeness (QED) is 0.607.